The molecule has 0 aliphatic carbocycles. The van der Waals surface area contributed by atoms with Gasteiger partial charge in [-0.25, -0.2) is 0 Å². The van der Waals surface area contributed by atoms with Crippen molar-refractivity contribution < 1.29 is 19.1 Å². The number of alkyl halides is 1. The Labute approximate surface area is 98.4 Å². The lowest BCUT2D eigenvalue weighted by molar-refractivity contribution is -0.153. The number of hydrogen-bond donors (Lipinski definition) is 0. The first-order chi connectivity index (χ1) is 7.08. The van der Waals surface area contributed by atoms with Crippen molar-refractivity contribution in [3.63, 3.8) is 0 Å². The summed E-state index contributed by atoms with van der Waals surface area (Å²) >= 11 is 3.17. The van der Waals surface area contributed by atoms with Crippen molar-refractivity contribution >= 4 is 27.9 Å². The second-order valence-corrected chi connectivity index (χ2v) is 3.91. The van der Waals surface area contributed by atoms with Crippen molar-refractivity contribution in [3.05, 3.63) is 0 Å². The fourth-order valence-corrected chi connectivity index (χ4v) is 1.85. The molecule has 0 heterocycles. The molecule has 0 spiro atoms. The maximum Gasteiger partial charge on any atom is 0.320 e. The van der Waals surface area contributed by atoms with Gasteiger partial charge in [0.25, 0.3) is 0 Å². The van der Waals surface area contributed by atoms with Gasteiger partial charge in [-0.15, -0.1) is 0 Å². The first kappa shape index (κ1) is 14.4. The van der Waals surface area contributed by atoms with Crippen molar-refractivity contribution in [2.45, 2.75) is 32.0 Å². The number of esters is 2. The van der Waals surface area contributed by atoms with Crippen LogP contribution in [-0.4, -0.2) is 30.0 Å². The highest BCUT2D eigenvalue weighted by Gasteiger charge is 2.32. The smallest absolute Gasteiger partial charge is 0.320 e. The Morgan fingerprint density at radius 3 is 1.93 bits per heavy atom. The summed E-state index contributed by atoms with van der Waals surface area (Å²) in [4.78, 5) is 22.2. The maximum absolute atomic E-state index is 11.5. The SMILES string of the molecule is CCOC(=O)C(Br)[C@H](CC)C(=O)OCC. The lowest BCUT2D eigenvalue weighted by Gasteiger charge is -2.17. The lowest BCUT2D eigenvalue weighted by atomic mass is 10.0. The van der Waals surface area contributed by atoms with E-state index in [1.165, 1.54) is 0 Å². The van der Waals surface area contributed by atoms with Crippen molar-refractivity contribution in [1.29, 1.82) is 0 Å². The highest BCUT2D eigenvalue weighted by atomic mass is 79.9. The molecule has 5 heteroatoms. The molecule has 0 amide bonds. The van der Waals surface area contributed by atoms with Crippen LogP contribution in [0.2, 0.25) is 0 Å². The van der Waals surface area contributed by atoms with Gasteiger partial charge in [0.05, 0.1) is 19.1 Å². The molecule has 1 unspecified atom stereocenters. The van der Waals surface area contributed by atoms with E-state index in [0.29, 0.717) is 19.6 Å². The Morgan fingerprint density at radius 1 is 1.07 bits per heavy atom. The first-order valence-corrected chi connectivity index (χ1v) is 5.97. The standard InChI is InChI=1S/C10H17BrO4/c1-4-7(9(12)14-5-2)8(11)10(13)15-6-3/h7-8H,4-6H2,1-3H3/t7-,8?/m0/s1. The van der Waals surface area contributed by atoms with Gasteiger partial charge in [0, 0.05) is 0 Å². The van der Waals surface area contributed by atoms with E-state index in [1.807, 2.05) is 6.92 Å². The first-order valence-electron chi connectivity index (χ1n) is 5.05. The van der Waals surface area contributed by atoms with Gasteiger partial charge in [0.15, 0.2) is 0 Å². The fraction of sp³-hybridized carbons (Fsp3) is 0.800. The second-order valence-electron chi connectivity index (χ2n) is 2.92. The Balaban J connectivity index is 4.38. The number of halogens is 1. The predicted octanol–water partition coefficient (Wildman–Crippen LogP) is 1.90. The van der Waals surface area contributed by atoms with E-state index < -0.39 is 16.7 Å². The van der Waals surface area contributed by atoms with Gasteiger partial charge in [0.2, 0.25) is 0 Å². The summed E-state index contributed by atoms with van der Waals surface area (Å²) in [5.41, 5.74) is 0. The summed E-state index contributed by atoms with van der Waals surface area (Å²) in [6, 6.07) is 0. The molecule has 0 aromatic carbocycles. The zero-order valence-electron chi connectivity index (χ0n) is 9.29. The molecule has 0 rings (SSSR count). The molecule has 88 valence electrons. The molecule has 2 atom stereocenters. The average molecular weight is 281 g/mol. The minimum absolute atomic E-state index is 0.306. The quantitative estimate of drug-likeness (QED) is 0.551. The van der Waals surface area contributed by atoms with E-state index in [-0.39, 0.29) is 5.97 Å². The summed E-state index contributed by atoms with van der Waals surface area (Å²) in [5.74, 6) is -1.27. The third-order valence-electron chi connectivity index (χ3n) is 1.89. The van der Waals surface area contributed by atoms with Crippen LogP contribution < -0.4 is 0 Å². The normalized spacial score (nSPS) is 14.1. The van der Waals surface area contributed by atoms with Crippen molar-refractivity contribution in [1.82, 2.24) is 0 Å². The summed E-state index contributed by atoms with van der Waals surface area (Å²) in [5, 5.41) is 0. The van der Waals surface area contributed by atoms with E-state index in [1.54, 1.807) is 13.8 Å². The topological polar surface area (TPSA) is 52.6 Å². The van der Waals surface area contributed by atoms with Gasteiger partial charge in [-0.05, 0) is 20.3 Å². The van der Waals surface area contributed by atoms with Gasteiger partial charge in [-0.2, -0.15) is 0 Å². The van der Waals surface area contributed by atoms with Gasteiger partial charge in [-0.1, -0.05) is 22.9 Å². The average Bonchev–Trinajstić information content (AvgIpc) is 2.19. The van der Waals surface area contributed by atoms with Crippen LogP contribution in [0.5, 0.6) is 0 Å². The largest absolute Gasteiger partial charge is 0.466 e. The highest BCUT2D eigenvalue weighted by Crippen LogP contribution is 2.20. The molecule has 0 aliphatic heterocycles. The van der Waals surface area contributed by atoms with Crippen LogP contribution in [0.1, 0.15) is 27.2 Å². The Morgan fingerprint density at radius 2 is 1.53 bits per heavy atom. The second kappa shape index (κ2) is 7.68. The summed E-state index contributed by atoms with van der Waals surface area (Å²) in [6.07, 6.45) is 0.535. The van der Waals surface area contributed by atoms with E-state index in [4.69, 9.17) is 9.47 Å². The molecule has 0 saturated carbocycles. The van der Waals surface area contributed by atoms with Crippen molar-refractivity contribution in [2.75, 3.05) is 13.2 Å². The minimum atomic E-state index is -0.624. The van der Waals surface area contributed by atoms with Crippen molar-refractivity contribution in [2.24, 2.45) is 5.92 Å². The summed E-state index contributed by atoms with van der Waals surface area (Å²) in [6.45, 7) is 5.91. The van der Waals surface area contributed by atoms with E-state index in [9.17, 15) is 9.59 Å². The summed E-state index contributed by atoms with van der Waals surface area (Å²) < 4.78 is 9.69. The van der Waals surface area contributed by atoms with Gasteiger partial charge in [0.1, 0.15) is 4.83 Å². The number of carbonyl (C=O) groups is 2. The van der Waals surface area contributed by atoms with Gasteiger partial charge < -0.3 is 9.47 Å². The Bertz CT molecular complexity index is 217. The molecule has 0 aromatic rings. The van der Waals surface area contributed by atoms with Gasteiger partial charge >= 0.3 is 11.9 Å². The molecule has 0 N–H and O–H groups in total. The van der Waals surface area contributed by atoms with Crippen molar-refractivity contribution in [3.8, 4) is 0 Å². The predicted molar refractivity (Wildman–Crippen MR) is 59.8 cm³/mol. The lowest BCUT2D eigenvalue weighted by Crippen LogP contribution is -2.32. The van der Waals surface area contributed by atoms with E-state index in [0.717, 1.165) is 0 Å². The molecule has 0 aliphatic rings. The van der Waals surface area contributed by atoms with Crippen LogP contribution in [0.4, 0.5) is 0 Å². The molecule has 0 saturated heterocycles. The number of hydrogen-bond acceptors (Lipinski definition) is 4. The highest BCUT2D eigenvalue weighted by molar-refractivity contribution is 9.10. The number of rotatable bonds is 6. The third-order valence-corrected chi connectivity index (χ3v) is 2.91. The van der Waals surface area contributed by atoms with Crippen LogP contribution >= 0.6 is 15.9 Å². The van der Waals surface area contributed by atoms with E-state index >= 15 is 0 Å². The number of ether oxygens (including phenoxy) is 2. The molecule has 0 bridgehead atoms. The molecule has 4 nitrogen and oxygen atoms in total. The Hall–Kier alpha value is -0.580. The molecule has 15 heavy (non-hydrogen) atoms. The monoisotopic (exact) mass is 280 g/mol. The maximum atomic E-state index is 11.5. The van der Waals surface area contributed by atoms with Crippen LogP contribution in [-0.2, 0) is 19.1 Å². The van der Waals surface area contributed by atoms with Crippen LogP contribution in [0, 0.1) is 5.92 Å². The van der Waals surface area contributed by atoms with Crippen LogP contribution in [0.15, 0.2) is 0 Å². The molecular formula is C10H17BrO4. The summed E-state index contributed by atoms with van der Waals surface area (Å²) in [7, 11) is 0. The number of carbonyl (C=O) groups excluding carboxylic acids is 2. The fourth-order valence-electron chi connectivity index (χ4n) is 1.13. The Kier molecular flexibility index (Phi) is 7.38. The molecule has 0 radical (unpaired) electrons. The molecular weight excluding hydrogens is 264 g/mol. The molecule has 0 aromatic heterocycles. The van der Waals surface area contributed by atoms with Crippen LogP contribution in [0.3, 0.4) is 0 Å². The van der Waals surface area contributed by atoms with Crippen LogP contribution in [0.25, 0.3) is 0 Å². The third kappa shape index (κ3) is 4.64. The zero-order valence-corrected chi connectivity index (χ0v) is 10.9. The molecule has 0 fully saturated rings. The zero-order chi connectivity index (χ0) is 11.8. The minimum Gasteiger partial charge on any atom is -0.466 e. The van der Waals surface area contributed by atoms with Gasteiger partial charge in [-0.3, -0.25) is 9.59 Å². The van der Waals surface area contributed by atoms with E-state index in [2.05, 4.69) is 15.9 Å².